The maximum absolute atomic E-state index is 8.88. The van der Waals surface area contributed by atoms with Crippen molar-refractivity contribution in [3.8, 4) is 5.75 Å². The molecule has 0 spiro atoms. The standard InChI is InChI=1S/C14H17NO3/c1-10-5-3-4-6-13(10)17-9-14-15-12(7-8-16)11(2)18-14/h3-6,16H,7-9H2,1-2H3. The fourth-order valence-corrected chi connectivity index (χ4v) is 1.75. The fourth-order valence-electron chi connectivity index (χ4n) is 1.75. The topological polar surface area (TPSA) is 55.5 Å². The maximum atomic E-state index is 8.88. The summed E-state index contributed by atoms with van der Waals surface area (Å²) in [4.78, 5) is 4.29. The summed E-state index contributed by atoms with van der Waals surface area (Å²) in [6, 6.07) is 7.81. The fraction of sp³-hybridized carbons (Fsp3) is 0.357. The van der Waals surface area contributed by atoms with Gasteiger partial charge in [0.2, 0.25) is 5.89 Å². The van der Waals surface area contributed by atoms with Crippen LogP contribution >= 0.6 is 0 Å². The molecule has 1 N–H and O–H groups in total. The van der Waals surface area contributed by atoms with E-state index in [1.807, 2.05) is 38.1 Å². The Morgan fingerprint density at radius 1 is 1.28 bits per heavy atom. The zero-order valence-corrected chi connectivity index (χ0v) is 10.6. The van der Waals surface area contributed by atoms with Crippen LogP contribution in [0.5, 0.6) is 5.75 Å². The molecule has 1 aromatic heterocycles. The van der Waals surface area contributed by atoms with Crippen molar-refractivity contribution >= 4 is 0 Å². The van der Waals surface area contributed by atoms with Gasteiger partial charge in [-0.3, -0.25) is 0 Å². The lowest BCUT2D eigenvalue weighted by molar-refractivity contribution is 0.259. The van der Waals surface area contributed by atoms with Crippen LogP contribution in [0.4, 0.5) is 0 Å². The monoisotopic (exact) mass is 247 g/mol. The molecule has 18 heavy (non-hydrogen) atoms. The highest BCUT2D eigenvalue weighted by atomic mass is 16.5. The number of aromatic nitrogens is 1. The maximum Gasteiger partial charge on any atom is 0.232 e. The summed E-state index contributed by atoms with van der Waals surface area (Å²) < 4.78 is 11.1. The highest BCUT2D eigenvalue weighted by molar-refractivity contribution is 5.31. The Bertz CT molecular complexity index is 520. The van der Waals surface area contributed by atoms with E-state index in [4.69, 9.17) is 14.3 Å². The van der Waals surface area contributed by atoms with Crippen LogP contribution in [-0.4, -0.2) is 16.7 Å². The Labute approximate surface area is 106 Å². The Balaban J connectivity index is 2.02. The summed E-state index contributed by atoms with van der Waals surface area (Å²) in [5.74, 6) is 2.11. The van der Waals surface area contributed by atoms with Gasteiger partial charge in [-0.25, -0.2) is 4.98 Å². The lowest BCUT2D eigenvalue weighted by atomic mass is 10.2. The van der Waals surface area contributed by atoms with Crippen molar-refractivity contribution in [3.63, 3.8) is 0 Å². The minimum Gasteiger partial charge on any atom is -0.484 e. The first-order valence-corrected chi connectivity index (χ1v) is 5.95. The van der Waals surface area contributed by atoms with E-state index >= 15 is 0 Å². The molecule has 0 aliphatic heterocycles. The number of aliphatic hydroxyl groups excluding tert-OH is 1. The molecule has 0 saturated carbocycles. The highest BCUT2D eigenvalue weighted by Crippen LogP contribution is 2.18. The number of hydrogen-bond acceptors (Lipinski definition) is 4. The largest absolute Gasteiger partial charge is 0.484 e. The number of aryl methyl sites for hydroxylation is 2. The van der Waals surface area contributed by atoms with E-state index in [0.29, 0.717) is 18.9 Å². The zero-order valence-electron chi connectivity index (χ0n) is 10.6. The minimum absolute atomic E-state index is 0.0749. The molecule has 0 aliphatic carbocycles. The second kappa shape index (κ2) is 5.69. The minimum atomic E-state index is 0.0749. The van der Waals surface area contributed by atoms with Crippen molar-refractivity contribution in [1.82, 2.24) is 4.98 Å². The molecule has 0 bridgehead atoms. The zero-order chi connectivity index (χ0) is 13.0. The molecule has 0 amide bonds. The second-order valence-electron chi connectivity index (χ2n) is 4.14. The summed E-state index contributed by atoms with van der Waals surface area (Å²) in [7, 11) is 0. The summed E-state index contributed by atoms with van der Waals surface area (Å²) in [6.07, 6.45) is 0.514. The Morgan fingerprint density at radius 3 is 2.78 bits per heavy atom. The van der Waals surface area contributed by atoms with Crippen LogP contribution in [0.25, 0.3) is 0 Å². The van der Waals surface area contributed by atoms with Gasteiger partial charge in [0.05, 0.1) is 5.69 Å². The first-order chi connectivity index (χ1) is 8.70. The van der Waals surface area contributed by atoms with Crippen molar-refractivity contribution < 1.29 is 14.3 Å². The van der Waals surface area contributed by atoms with Crippen molar-refractivity contribution in [2.75, 3.05) is 6.61 Å². The van der Waals surface area contributed by atoms with Gasteiger partial charge in [0.25, 0.3) is 0 Å². The predicted molar refractivity (Wildman–Crippen MR) is 67.5 cm³/mol. The number of ether oxygens (including phenoxy) is 1. The molecule has 0 fully saturated rings. The van der Waals surface area contributed by atoms with Crippen molar-refractivity contribution in [1.29, 1.82) is 0 Å². The number of hydrogen-bond donors (Lipinski definition) is 1. The number of aliphatic hydroxyl groups is 1. The molecule has 0 aliphatic rings. The molecule has 1 aromatic carbocycles. The van der Waals surface area contributed by atoms with Gasteiger partial charge in [0.1, 0.15) is 11.5 Å². The van der Waals surface area contributed by atoms with Gasteiger partial charge < -0.3 is 14.3 Å². The van der Waals surface area contributed by atoms with Gasteiger partial charge in [0.15, 0.2) is 6.61 Å². The normalized spacial score (nSPS) is 10.6. The van der Waals surface area contributed by atoms with Crippen molar-refractivity contribution in [2.45, 2.75) is 26.9 Å². The average molecular weight is 247 g/mol. The third-order valence-corrected chi connectivity index (χ3v) is 2.73. The van der Waals surface area contributed by atoms with E-state index < -0.39 is 0 Å². The average Bonchev–Trinajstić information content (AvgIpc) is 2.70. The molecule has 0 saturated heterocycles. The molecular weight excluding hydrogens is 230 g/mol. The van der Waals surface area contributed by atoms with Crippen molar-refractivity contribution in [3.05, 3.63) is 47.2 Å². The van der Waals surface area contributed by atoms with Gasteiger partial charge in [-0.1, -0.05) is 18.2 Å². The van der Waals surface area contributed by atoms with E-state index in [2.05, 4.69) is 4.98 Å². The van der Waals surface area contributed by atoms with E-state index in [-0.39, 0.29) is 6.61 Å². The van der Waals surface area contributed by atoms with Gasteiger partial charge in [-0.2, -0.15) is 0 Å². The smallest absolute Gasteiger partial charge is 0.232 e. The lowest BCUT2D eigenvalue weighted by Gasteiger charge is -2.05. The summed E-state index contributed by atoms with van der Waals surface area (Å²) in [5, 5.41) is 8.88. The van der Waals surface area contributed by atoms with Crippen LogP contribution in [0.2, 0.25) is 0 Å². The summed E-state index contributed by atoms with van der Waals surface area (Å²) in [5.41, 5.74) is 1.87. The Morgan fingerprint density at radius 2 is 2.06 bits per heavy atom. The first kappa shape index (κ1) is 12.6. The predicted octanol–water partition coefficient (Wildman–Crippen LogP) is 2.41. The molecule has 0 unspecified atom stereocenters. The third-order valence-electron chi connectivity index (χ3n) is 2.73. The first-order valence-electron chi connectivity index (χ1n) is 5.95. The Hall–Kier alpha value is -1.81. The van der Waals surface area contributed by atoms with Gasteiger partial charge in [-0.15, -0.1) is 0 Å². The molecule has 0 atom stereocenters. The van der Waals surface area contributed by atoms with E-state index in [0.717, 1.165) is 22.8 Å². The van der Waals surface area contributed by atoms with Gasteiger partial charge >= 0.3 is 0 Å². The van der Waals surface area contributed by atoms with E-state index in [1.165, 1.54) is 0 Å². The number of oxazole rings is 1. The SMILES string of the molecule is Cc1ccccc1OCc1nc(CCO)c(C)o1. The van der Waals surface area contributed by atoms with E-state index in [9.17, 15) is 0 Å². The second-order valence-corrected chi connectivity index (χ2v) is 4.14. The number of rotatable bonds is 5. The van der Waals surface area contributed by atoms with Crippen LogP contribution < -0.4 is 4.74 Å². The van der Waals surface area contributed by atoms with Gasteiger partial charge in [0, 0.05) is 13.0 Å². The van der Waals surface area contributed by atoms with Crippen LogP contribution in [-0.2, 0) is 13.0 Å². The van der Waals surface area contributed by atoms with Crippen LogP contribution in [0.1, 0.15) is 22.9 Å². The quantitative estimate of drug-likeness (QED) is 0.881. The molecule has 4 heteroatoms. The van der Waals surface area contributed by atoms with Crippen molar-refractivity contribution in [2.24, 2.45) is 0 Å². The number of nitrogens with zero attached hydrogens (tertiary/aromatic N) is 1. The molecule has 96 valence electrons. The number of benzene rings is 1. The Kier molecular flexibility index (Phi) is 3.99. The van der Waals surface area contributed by atoms with Crippen LogP contribution in [0, 0.1) is 13.8 Å². The summed E-state index contributed by atoms with van der Waals surface area (Å²) >= 11 is 0. The highest BCUT2D eigenvalue weighted by Gasteiger charge is 2.09. The molecule has 0 radical (unpaired) electrons. The molecule has 2 aromatic rings. The number of para-hydroxylation sites is 1. The molecule has 2 rings (SSSR count). The lowest BCUT2D eigenvalue weighted by Crippen LogP contribution is -1.98. The summed E-state index contributed by atoms with van der Waals surface area (Å²) in [6.45, 7) is 4.21. The van der Waals surface area contributed by atoms with Crippen LogP contribution in [0.3, 0.4) is 0 Å². The van der Waals surface area contributed by atoms with E-state index in [1.54, 1.807) is 0 Å². The third kappa shape index (κ3) is 2.90. The van der Waals surface area contributed by atoms with Crippen LogP contribution in [0.15, 0.2) is 28.7 Å². The molecule has 4 nitrogen and oxygen atoms in total. The van der Waals surface area contributed by atoms with Gasteiger partial charge in [-0.05, 0) is 25.5 Å². The molecule has 1 heterocycles. The molecular formula is C14H17NO3.